The van der Waals surface area contributed by atoms with Crippen molar-refractivity contribution in [3.8, 4) is 11.4 Å². The average molecular weight is 406 g/mol. The number of amides is 1. The third-order valence-electron chi connectivity index (χ3n) is 4.09. The monoisotopic (exact) mass is 405 g/mol. The summed E-state index contributed by atoms with van der Waals surface area (Å²) in [5, 5.41) is 18.1. The molecule has 1 aliphatic rings. The van der Waals surface area contributed by atoms with E-state index in [1.54, 1.807) is 18.2 Å². The summed E-state index contributed by atoms with van der Waals surface area (Å²) in [4.78, 5) is 20.1. The van der Waals surface area contributed by atoms with E-state index >= 15 is 0 Å². The van der Waals surface area contributed by atoms with Gasteiger partial charge < -0.3 is 15.0 Å². The maximum Gasteiger partial charge on any atom is 0.267 e. The standard InChI is InChI=1S/C16H16ClN7O2S/c1-9-13(27-16(18-9)24-4-6-26-7-5-24)15(25)19-12-8-10(17)2-3-11(12)14-20-22-23-21-14/h2-3,8H,4-7H2,1H3,(H,19,25)(H,20,21,22,23). The third kappa shape index (κ3) is 3.77. The van der Waals surface area contributed by atoms with Crippen molar-refractivity contribution in [2.24, 2.45) is 0 Å². The molecule has 1 aliphatic heterocycles. The van der Waals surface area contributed by atoms with Crippen LogP contribution in [0.1, 0.15) is 15.4 Å². The van der Waals surface area contributed by atoms with E-state index in [9.17, 15) is 4.79 Å². The zero-order valence-corrected chi connectivity index (χ0v) is 16.0. The summed E-state index contributed by atoms with van der Waals surface area (Å²) < 4.78 is 5.37. The van der Waals surface area contributed by atoms with Gasteiger partial charge in [0, 0.05) is 23.7 Å². The van der Waals surface area contributed by atoms with Gasteiger partial charge in [-0.15, -0.1) is 10.2 Å². The first-order valence-corrected chi connectivity index (χ1v) is 9.46. The van der Waals surface area contributed by atoms with E-state index in [0.29, 0.717) is 45.9 Å². The van der Waals surface area contributed by atoms with E-state index in [1.807, 2.05) is 6.92 Å². The molecule has 1 saturated heterocycles. The molecule has 0 saturated carbocycles. The largest absolute Gasteiger partial charge is 0.378 e. The molecule has 2 aromatic heterocycles. The summed E-state index contributed by atoms with van der Waals surface area (Å²) in [7, 11) is 0. The molecule has 0 spiro atoms. The number of hydrogen-bond acceptors (Lipinski definition) is 8. The van der Waals surface area contributed by atoms with E-state index in [4.69, 9.17) is 16.3 Å². The summed E-state index contributed by atoms with van der Waals surface area (Å²) >= 11 is 7.47. The number of nitrogens with one attached hydrogen (secondary N) is 2. The second kappa shape index (κ2) is 7.59. The Bertz CT molecular complexity index is 954. The van der Waals surface area contributed by atoms with Crippen LogP contribution in [0.25, 0.3) is 11.4 Å². The van der Waals surface area contributed by atoms with Gasteiger partial charge in [-0.2, -0.15) is 5.21 Å². The van der Waals surface area contributed by atoms with Gasteiger partial charge in [0.1, 0.15) is 4.88 Å². The number of hydrogen-bond donors (Lipinski definition) is 2. The number of halogens is 1. The quantitative estimate of drug-likeness (QED) is 0.685. The summed E-state index contributed by atoms with van der Waals surface area (Å²) in [5.74, 6) is 0.119. The van der Waals surface area contributed by atoms with Crippen LogP contribution in [0.4, 0.5) is 10.8 Å². The molecule has 0 bridgehead atoms. The van der Waals surface area contributed by atoms with E-state index in [2.05, 4.69) is 35.8 Å². The van der Waals surface area contributed by atoms with E-state index in [0.717, 1.165) is 18.2 Å². The fourth-order valence-corrected chi connectivity index (χ4v) is 3.94. The molecule has 1 aromatic carbocycles. The Morgan fingerprint density at radius 3 is 2.93 bits per heavy atom. The number of tetrazole rings is 1. The number of carbonyl (C=O) groups excluding carboxylic acids is 1. The SMILES string of the molecule is Cc1nc(N2CCOCC2)sc1C(=O)Nc1cc(Cl)ccc1-c1nn[nH]n1. The van der Waals surface area contributed by atoms with Gasteiger partial charge in [-0.25, -0.2) is 4.98 Å². The molecule has 0 atom stereocenters. The lowest BCUT2D eigenvalue weighted by Crippen LogP contribution is -2.36. The highest BCUT2D eigenvalue weighted by Gasteiger charge is 2.22. The second-order valence-electron chi connectivity index (χ2n) is 5.89. The van der Waals surface area contributed by atoms with Crippen molar-refractivity contribution in [3.63, 3.8) is 0 Å². The highest BCUT2D eigenvalue weighted by molar-refractivity contribution is 7.17. The Morgan fingerprint density at radius 1 is 1.37 bits per heavy atom. The number of thiazole rings is 1. The number of aromatic nitrogens is 5. The lowest BCUT2D eigenvalue weighted by Gasteiger charge is -2.25. The molecule has 11 heteroatoms. The van der Waals surface area contributed by atoms with Crippen LogP contribution in [-0.4, -0.2) is 57.8 Å². The van der Waals surface area contributed by atoms with E-state index in [-0.39, 0.29) is 5.91 Å². The first-order valence-electron chi connectivity index (χ1n) is 8.26. The summed E-state index contributed by atoms with van der Waals surface area (Å²) in [6.45, 7) is 4.69. The molecule has 1 amide bonds. The number of rotatable bonds is 4. The van der Waals surface area contributed by atoms with Crippen molar-refractivity contribution in [2.75, 3.05) is 36.5 Å². The topological polar surface area (TPSA) is 109 Å². The van der Waals surface area contributed by atoms with Crippen LogP contribution >= 0.6 is 22.9 Å². The second-order valence-corrected chi connectivity index (χ2v) is 7.30. The number of H-pyrrole nitrogens is 1. The number of morpholine rings is 1. The molecule has 0 radical (unpaired) electrons. The molecule has 140 valence electrons. The van der Waals surface area contributed by atoms with Crippen molar-refractivity contribution in [3.05, 3.63) is 33.8 Å². The van der Waals surface area contributed by atoms with E-state index in [1.165, 1.54) is 11.3 Å². The van der Waals surface area contributed by atoms with Gasteiger partial charge in [0.05, 0.1) is 24.6 Å². The van der Waals surface area contributed by atoms with Gasteiger partial charge >= 0.3 is 0 Å². The molecule has 4 rings (SSSR count). The van der Waals surface area contributed by atoms with Crippen molar-refractivity contribution >= 4 is 39.7 Å². The predicted octanol–water partition coefficient (Wildman–Crippen LogP) is 2.37. The normalized spacial score (nSPS) is 14.4. The molecule has 9 nitrogen and oxygen atoms in total. The van der Waals surface area contributed by atoms with Crippen molar-refractivity contribution in [1.29, 1.82) is 0 Å². The summed E-state index contributed by atoms with van der Waals surface area (Å²) in [5.41, 5.74) is 1.81. The highest BCUT2D eigenvalue weighted by atomic mass is 35.5. The lowest BCUT2D eigenvalue weighted by atomic mass is 10.1. The number of nitrogens with zero attached hydrogens (tertiary/aromatic N) is 5. The van der Waals surface area contributed by atoms with Crippen molar-refractivity contribution in [2.45, 2.75) is 6.92 Å². The Morgan fingerprint density at radius 2 is 2.19 bits per heavy atom. The number of ether oxygens (including phenoxy) is 1. The molecule has 0 unspecified atom stereocenters. The number of benzene rings is 1. The summed E-state index contributed by atoms with van der Waals surface area (Å²) in [6, 6.07) is 5.10. The van der Waals surface area contributed by atoms with Gasteiger partial charge in [-0.1, -0.05) is 22.9 Å². The zero-order valence-electron chi connectivity index (χ0n) is 14.4. The number of aromatic amines is 1. The molecule has 2 N–H and O–H groups in total. The maximum absolute atomic E-state index is 12.9. The molecule has 27 heavy (non-hydrogen) atoms. The zero-order chi connectivity index (χ0) is 18.8. The van der Waals surface area contributed by atoms with Crippen LogP contribution in [-0.2, 0) is 4.74 Å². The Labute approximate surface area is 163 Å². The average Bonchev–Trinajstić information content (AvgIpc) is 3.32. The Balaban J connectivity index is 1.60. The predicted molar refractivity (Wildman–Crippen MR) is 102 cm³/mol. The fraction of sp³-hybridized carbons (Fsp3) is 0.312. The van der Waals surface area contributed by atoms with Crippen LogP contribution in [0.2, 0.25) is 5.02 Å². The van der Waals surface area contributed by atoms with Gasteiger partial charge in [-0.05, 0) is 30.3 Å². The van der Waals surface area contributed by atoms with Crippen LogP contribution < -0.4 is 10.2 Å². The van der Waals surface area contributed by atoms with Crippen LogP contribution in [0.15, 0.2) is 18.2 Å². The van der Waals surface area contributed by atoms with Crippen molar-refractivity contribution in [1.82, 2.24) is 25.6 Å². The van der Waals surface area contributed by atoms with Crippen molar-refractivity contribution < 1.29 is 9.53 Å². The minimum Gasteiger partial charge on any atom is -0.378 e. The van der Waals surface area contributed by atoms with Crippen LogP contribution in [0.5, 0.6) is 0 Å². The van der Waals surface area contributed by atoms with Gasteiger partial charge in [0.25, 0.3) is 5.91 Å². The Kier molecular flexibility index (Phi) is 5.01. The van der Waals surface area contributed by atoms with Crippen LogP contribution in [0, 0.1) is 6.92 Å². The first kappa shape index (κ1) is 17.8. The summed E-state index contributed by atoms with van der Waals surface area (Å²) in [6.07, 6.45) is 0. The number of anilines is 2. The fourth-order valence-electron chi connectivity index (χ4n) is 2.75. The van der Waals surface area contributed by atoms with E-state index < -0.39 is 0 Å². The van der Waals surface area contributed by atoms with Gasteiger partial charge in [-0.3, -0.25) is 4.79 Å². The smallest absolute Gasteiger partial charge is 0.267 e. The minimum absolute atomic E-state index is 0.253. The van der Waals surface area contributed by atoms with Gasteiger partial charge in [0.15, 0.2) is 5.13 Å². The lowest BCUT2D eigenvalue weighted by molar-refractivity contribution is 0.103. The number of aryl methyl sites for hydroxylation is 1. The number of carbonyl (C=O) groups is 1. The maximum atomic E-state index is 12.9. The third-order valence-corrected chi connectivity index (χ3v) is 5.54. The molecule has 3 aromatic rings. The van der Waals surface area contributed by atoms with Gasteiger partial charge in [0.2, 0.25) is 5.82 Å². The molecule has 0 aliphatic carbocycles. The minimum atomic E-state index is -0.253. The molecule has 1 fully saturated rings. The molecular weight excluding hydrogens is 390 g/mol. The first-order chi connectivity index (χ1) is 13.1. The Hall–Kier alpha value is -2.56. The van der Waals surface area contributed by atoms with Crippen LogP contribution in [0.3, 0.4) is 0 Å². The molecule has 3 heterocycles. The molecular formula is C16H16ClN7O2S. The highest BCUT2D eigenvalue weighted by Crippen LogP contribution is 2.31.